The van der Waals surface area contributed by atoms with Gasteiger partial charge < -0.3 is 15.8 Å². The minimum atomic E-state index is -0.293. The molecule has 2 rings (SSSR count). The monoisotopic (exact) mass is 330 g/mol. The zero-order chi connectivity index (χ0) is 15.2. The first kappa shape index (κ1) is 18.9. The van der Waals surface area contributed by atoms with E-state index in [4.69, 9.17) is 10.5 Å². The van der Waals surface area contributed by atoms with E-state index < -0.39 is 0 Å². The molecule has 1 aliphatic carbocycles. The summed E-state index contributed by atoms with van der Waals surface area (Å²) in [6, 6.07) is 5.97. The number of nitrogens with one attached hydrogen (secondary N) is 1. The van der Waals surface area contributed by atoms with Crippen molar-refractivity contribution in [1.82, 2.24) is 5.32 Å². The Labute approximate surface area is 137 Å². The molecule has 4 nitrogen and oxygen atoms in total. The van der Waals surface area contributed by atoms with Crippen LogP contribution >= 0.6 is 12.4 Å². The topological polar surface area (TPSA) is 64.3 Å². The molecule has 1 unspecified atom stereocenters. The van der Waals surface area contributed by atoms with E-state index in [9.17, 15) is 9.18 Å². The van der Waals surface area contributed by atoms with Crippen molar-refractivity contribution in [2.75, 3.05) is 13.7 Å². The van der Waals surface area contributed by atoms with Crippen molar-refractivity contribution in [2.24, 2.45) is 11.7 Å². The van der Waals surface area contributed by atoms with Crippen LogP contribution in [0.25, 0.3) is 0 Å². The van der Waals surface area contributed by atoms with Crippen LogP contribution in [0, 0.1) is 11.7 Å². The molecule has 1 saturated carbocycles. The molecule has 1 aromatic carbocycles. The highest BCUT2D eigenvalue weighted by Gasteiger charge is 2.27. The third kappa shape index (κ3) is 5.23. The third-order valence-corrected chi connectivity index (χ3v) is 4.11. The van der Waals surface area contributed by atoms with Crippen molar-refractivity contribution in [1.29, 1.82) is 0 Å². The smallest absolute Gasteiger partial charge is 0.220 e. The number of methoxy groups -OCH3 is 1. The van der Waals surface area contributed by atoms with Gasteiger partial charge in [0.15, 0.2) is 0 Å². The minimum absolute atomic E-state index is 0. The molecule has 1 fully saturated rings. The van der Waals surface area contributed by atoms with Crippen molar-refractivity contribution in [3.8, 4) is 0 Å². The average molecular weight is 331 g/mol. The van der Waals surface area contributed by atoms with E-state index in [1.54, 1.807) is 19.2 Å². The molecule has 124 valence electrons. The van der Waals surface area contributed by atoms with E-state index in [0.717, 1.165) is 24.8 Å². The van der Waals surface area contributed by atoms with Crippen LogP contribution in [0.4, 0.5) is 4.39 Å². The van der Waals surface area contributed by atoms with E-state index in [-0.39, 0.29) is 42.1 Å². The number of nitrogens with two attached hydrogens (primary N) is 1. The first-order valence-corrected chi connectivity index (χ1v) is 7.39. The summed E-state index contributed by atoms with van der Waals surface area (Å²) in [5.41, 5.74) is 6.83. The molecule has 1 aromatic rings. The fraction of sp³-hybridized carbons (Fsp3) is 0.562. The zero-order valence-corrected chi connectivity index (χ0v) is 13.6. The number of halogens is 2. The molecule has 0 aliphatic heterocycles. The van der Waals surface area contributed by atoms with Gasteiger partial charge >= 0.3 is 0 Å². The van der Waals surface area contributed by atoms with Gasteiger partial charge in [0.05, 0.1) is 12.6 Å². The Bertz CT molecular complexity index is 470. The lowest BCUT2D eigenvalue weighted by Crippen LogP contribution is -2.35. The Hall–Kier alpha value is -1.17. The highest BCUT2D eigenvalue weighted by molar-refractivity contribution is 5.85. The van der Waals surface area contributed by atoms with E-state index in [2.05, 4.69) is 5.32 Å². The van der Waals surface area contributed by atoms with Crippen LogP contribution in [-0.4, -0.2) is 25.7 Å². The molecule has 3 N–H and O–H groups in total. The Morgan fingerprint density at radius 2 is 2.09 bits per heavy atom. The number of carbonyl (C=O) groups excluding carboxylic acids is 1. The number of rotatable bonds is 6. The molecule has 0 spiro atoms. The third-order valence-electron chi connectivity index (χ3n) is 4.11. The minimum Gasteiger partial charge on any atom is -0.382 e. The van der Waals surface area contributed by atoms with E-state index >= 15 is 0 Å². The molecule has 0 heterocycles. The fourth-order valence-corrected chi connectivity index (χ4v) is 2.89. The Morgan fingerprint density at radius 1 is 1.41 bits per heavy atom. The summed E-state index contributed by atoms with van der Waals surface area (Å²) < 4.78 is 18.1. The van der Waals surface area contributed by atoms with Gasteiger partial charge in [0, 0.05) is 19.6 Å². The number of ether oxygens (including phenoxy) is 1. The van der Waals surface area contributed by atoms with Crippen LogP contribution in [0.3, 0.4) is 0 Å². The quantitative estimate of drug-likeness (QED) is 0.842. The van der Waals surface area contributed by atoms with Gasteiger partial charge in [-0.05, 0) is 36.5 Å². The lowest BCUT2D eigenvalue weighted by atomic mass is 9.99. The first-order chi connectivity index (χ1) is 10.1. The van der Waals surface area contributed by atoms with Gasteiger partial charge in [-0.1, -0.05) is 18.6 Å². The van der Waals surface area contributed by atoms with Gasteiger partial charge in [-0.25, -0.2) is 4.39 Å². The second-order valence-electron chi connectivity index (χ2n) is 5.69. The molecule has 0 saturated heterocycles. The SMILES string of the molecule is COCC(NC(=O)C[C@@H]1CCC[C@H]1N)c1ccc(F)cc1.Cl. The Kier molecular flexibility index (Phi) is 7.79. The number of carbonyl (C=O) groups is 1. The lowest BCUT2D eigenvalue weighted by Gasteiger charge is -2.21. The number of amides is 1. The van der Waals surface area contributed by atoms with Crippen LogP contribution < -0.4 is 11.1 Å². The standard InChI is InChI=1S/C16H23FN2O2.ClH/c1-21-10-15(11-5-7-13(17)8-6-11)19-16(20)9-12-3-2-4-14(12)18;/h5-8,12,14-15H,2-4,9-10,18H2,1H3,(H,19,20);1H/t12-,14+,15?;/m0./s1. The molecular formula is C16H24ClFN2O2. The van der Waals surface area contributed by atoms with E-state index in [1.165, 1.54) is 12.1 Å². The van der Waals surface area contributed by atoms with Crippen LogP contribution in [-0.2, 0) is 9.53 Å². The maximum atomic E-state index is 13.0. The van der Waals surface area contributed by atoms with E-state index in [0.29, 0.717) is 13.0 Å². The molecule has 0 bridgehead atoms. The molecule has 3 atom stereocenters. The van der Waals surface area contributed by atoms with Crippen molar-refractivity contribution in [3.63, 3.8) is 0 Å². The number of hydrogen-bond acceptors (Lipinski definition) is 3. The number of hydrogen-bond donors (Lipinski definition) is 2. The molecule has 0 aromatic heterocycles. The van der Waals surface area contributed by atoms with Gasteiger partial charge in [-0.2, -0.15) is 0 Å². The molecule has 1 amide bonds. The van der Waals surface area contributed by atoms with E-state index in [1.807, 2.05) is 0 Å². The maximum Gasteiger partial charge on any atom is 0.220 e. The summed E-state index contributed by atoms with van der Waals surface area (Å²) in [4.78, 5) is 12.2. The van der Waals surface area contributed by atoms with Gasteiger partial charge in [0.2, 0.25) is 5.91 Å². The summed E-state index contributed by atoms with van der Waals surface area (Å²) in [7, 11) is 1.58. The van der Waals surface area contributed by atoms with Crippen molar-refractivity contribution >= 4 is 18.3 Å². The van der Waals surface area contributed by atoms with Crippen LogP contribution in [0.2, 0.25) is 0 Å². The van der Waals surface area contributed by atoms with Crippen molar-refractivity contribution < 1.29 is 13.9 Å². The lowest BCUT2D eigenvalue weighted by molar-refractivity contribution is -0.123. The maximum absolute atomic E-state index is 13.0. The second-order valence-corrected chi connectivity index (χ2v) is 5.69. The van der Waals surface area contributed by atoms with Gasteiger partial charge in [0.1, 0.15) is 5.82 Å². The highest BCUT2D eigenvalue weighted by atomic mass is 35.5. The highest BCUT2D eigenvalue weighted by Crippen LogP contribution is 2.27. The Morgan fingerprint density at radius 3 is 2.64 bits per heavy atom. The summed E-state index contributed by atoms with van der Waals surface area (Å²) in [6.45, 7) is 0.355. The molecule has 0 radical (unpaired) electrons. The van der Waals surface area contributed by atoms with Crippen LogP contribution in [0.5, 0.6) is 0 Å². The second kappa shape index (κ2) is 9.08. The van der Waals surface area contributed by atoms with Gasteiger partial charge in [-0.15, -0.1) is 12.4 Å². The number of benzene rings is 1. The predicted octanol–water partition coefficient (Wildman–Crippen LogP) is 2.57. The van der Waals surface area contributed by atoms with Crippen molar-refractivity contribution in [2.45, 2.75) is 37.8 Å². The van der Waals surface area contributed by atoms with Gasteiger partial charge in [-0.3, -0.25) is 4.79 Å². The average Bonchev–Trinajstić information content (AvgIpc) is 2.84. The summed E-state index contributed by atoms with van der Waals surface area (Å²) in [5.74, 6) is -0.0525. The van der Waals surface area contributed by atoms with Crippen molar-refractivity contribution in [3.05, 3.63) is 35.6 Å². The molecule has 1 aliphatic rings. The summed E-state index contributed by atoms with van der Waals surface area (Å²) >= 11 is 0. The molecule has 6 heteroatoms. The summed E-state index contributed by atoms with van der Waals surface area (Å²) in [6.07, 6.45) is 3.55. The largest absolute Gasteiger partial charge is 0.382 e. The summed E-state index contributed by atoms with van der Waals surface area (Å²) in [5, 5.41) is 2.96. The normalized spacial score (nSPS) is 22.0. The molecular weight excluding hydrogens is 307 g/mol. The first-order valence-electron chi connectivity index (χ1n) is 7.39. The van der Waals surface area contributed by atoms with Crippen LogP contribution in [0.1, 0.15) is 37.3 Å². The molecule has 22 heavy (non-hydrogen) atoms. The van der Waals surface area contributed by atoms with Crippen LogP contribution in [0.15, 0.2) is 24.3 Å². The predicted molar refractivity (Wildman–Crippen MR) is 86.3 cm³/mol. The fourth-order valence-electron chi connectivity index (χ4n) is 2.89. The Balaban J connectivity index is 0.00000242. The van der Waals surface area contributed by atoms with Gasteiger partial charge in [0.25, 0.3) is 0 Å². The zero-order valence-electron chi connectivity index (χ0n) is 12.8.